The number of ketones is 2. The van der Waals surface area contributed by atoms with Gasteiger partial charge in [-0.2, -0.15) is 0 Å². The quantitative estimate of drug-likeness (QED) is 0.423. The summed E-state index contributed by atoms with van der Waals surface area (Å²) in [4.78, 5) is 40.8. The minimum atomic E-state index is -0.0247. The van der Waals surface area contributed by atoms with Gasteiger partial charge in [-0.3, -0.25) is 19.3 Å². The molecule has 1 aliphatic heterocycles. The number of carbonyl (C=O) groups is 3. The van der Waals surface area contributed by atoms with Crippen molar-refractivity contribution in [2.45, 2.75) is 38.5 Å². The second kappa shape index (κ2) is 9.79. The molecule has 1 saturated heterocycles. The van der Waals surface area contributed by atoms with E-state index >= 15 is 0 Å². The highest BCUT2D eigenvalue weighted by Gasteiger charge is 2.30. The normalized spacial score (nSPS) is 20.7. The van der Waals surface area contributed by atoms with Gasteiger partial charge in [0, 0.05) is 39.0 Å². The van der Waals surface area contributed by atoms with Gasteiger partial charge in [-0.25, -0.2) is 0 Å². The lowest BCUT2D eigenvalue weighted by Crippen LogP contribution is -2.48. The molecule has 0 N–H and O–H groups in total. The monoisotopic (exact) mass is 394 g/mol. The van der Waals surface area contributed by atoms with Crippen molar-refractivity contribution in [2.75, 3.05) is 32.7 Å². The minimum Gasteiger partial charge on any atom is -0.337 e. The molecule has 2 aliphatic rings. The number of rotatable bonds is 6. The van der Waals surface area contributed by atoms with E-state index in [2.05, 4.69) is 11.5 Å². The fourth-order valence-electron chi connectivity index (χ4n) is 4.08. The Morgan fingerprint density at radius 1 is 1.07 bits per heavy atom. The molecule has 154 valence electrons. The highest BCUT2D eigenvalue weighted by atomic mass is 16.2. The number of hydrogen-bond acceptors (Lipinski definition) is 4. The molecule has 1 saturated carbocycles. The van der Waals surface area contributed by atoms with E-state index in [0.29, 0.717) is 18.4 Å². The fraction of sp³-hybridized carbons (Fsp3) is 0.458. The molecular weight excluding hydrogens is 364 g/mol. The number of hydrogen-bond donors (Lipinski definition) is 0. The summed E-state index contributed by atoms with van der Waals surface area (Å²) in [5.41, 5.74) is 2.65. The van der Waals surface area contributed by atoms with E-state index in [9.17, 15) is 14.4 Å². The maximum atomic E-state index is 12.5. The topological polar surface area (TPSA) is 57.7 Å². The molecule has 1 amide bonds. The Hall–Kier alpha value is -2.53. The third-order valence-corrected chi connectivity index (χ3v) is 5.90. The van der Waals surface area contributed by atoms with Gasteiger partial charge in [-0.15, -0.1) is 0 Å². The average Bonchev–Trinajstić information content (AvgIpc) is 2.73. The van der Waals surface area contributed by atoms with Crippen LogP contribution in [0.4, 0.5) is 0 Å². The number of aryl methyl sites for hydroxylation is 1. The van der Waals surface area contributed by atoms with Gasteiger partial charge >= 0.3 is 0 Å². The van der Waals surface area contributed by atoms with Gasteiger partial charge in [-0.1, -0.05) is 42.5 Å². The molecule has 29 heavy (non-hydrogen) atoms. The number of allylic oxidation sites excluding steroid dienone is 2. The zero-order chi connectivity index (χ0) is 20.8. The number of benzene rings is 1. The first-order valence-electron chi connectivity index (χ1n) is 10.4. The van der Waals surface area contributed by atoms with Crippen LogP contribution in [0.25, 0.3) is 0 Å². The number of nitrogens with zero attached hydrogens (tertiary/aromatic N) is 2. The van der Waals surface area contributed by atoms with Crippen molar-refractivity contribution in [3.63, 3.8) is 0 Å². The van der Waals surface area contributed by atoms with Crippen molar-refractivity contribution in [1.29, 1.82) is 0 Å². The second-order valence-electron chi connectivity index (χ2n) is 7.99. The molecule has 1 aromatic carbocycles. The van der Waals surface area contributed by atoms with Gasteiger partial charge in [0.25, 0.3) is 0 Å². The molecular formula is C24H30N2O3. The third kappa shape index (κ3) is 5.51. The number of amides is 1. The molecule has 0 bridgehead atoms. The summed E-state index contributed by atoms with van der Waals surface area (Å²) < 4.78 is 0. The van der Waals surface area contributed by atoms with Crippen LogP contribution in [0.3, 0.4) is 0 Å². The van der Waals surface area contributed by atoms with Crippen molar-refractivity contribution >= 4 is 17.5 Å². The minimum absolute atomic E-state index is 0.00215. The van der Waals surface area contributed by atoms with E-state index in [-0.39, 0.29) is 23.4 Å². The van der Waals surface area contributed by atoms with E-state index in [1.807, 2.05) is 42.2 Å². The predicted octanol–water partition coefficient (Wildman–Crippen LogP) is 3.05. The molecule has 1 heterocycles. The molecule has 3 rings (SSSR count). The van der Waals surface area contributed by atoms with Crippen LogP contribution in [0.15, 0.2) is 48.6 Å². The third-order valence-electron chi connectivity index (χ3n) is 5.90. The first kappa shape index (κ1) is 21.2. The van der Waals surface area contributed by atoms with Crippen LogP contribution in [0.1, 0.15) is 42.7 Å². The molecule has 0 atom stereocenters. The molecule has 1 aromatic rings. The summed E-state index contributed by atoms with van der Waals surface area (Å²) in [5, 5.41) is 0. The lowest BCUT2D eigenvalue weighted by Gasteiger charge is -2.34. The summed E-state index contributed by atoms with van der Waals surface area (Å²) in [6.07, 6.45) is 5.67. The Labute approximate surface area is 173 Å². The predicted molar refractivity (Wildman–Crippen MR) is 114 cm³/mol. The summed E-state index contributed by atoms with van der Waals surface area (Å²) in [6, 6.07) is 8.11. The maximum Gasteiger partial charge on any atom is 0.246 e. The van der Waals surface area contributed by atoms with Crippen LogP contribution < -0.4 is 0 Å². The largest absolute Gasteiger partial charge is 0.337 e. The Morgan fingerprint density at radius 2 is 1.69 bits per heavy atom. The Balaban J connectivity index is 1.45. The van der Waals surface area contributed by atoms with Gasteiger partial charge in [0.1, 0.15) is 0 Å². The van der Waals surface area contributed by atoms with Crippen LogP contribution in [0.2, 0.25) is 0 Å². The van der Waals surface area contributed by atoms with Crippen molar-refractivity contribution < 1.29 is 14.4 Å². The number of carbonyl (C=O) groups excluding carboxylic acids is 3. The summed E-state index contributed by atoms with van der Waals surface area (Å²) >= 11 is 0. The van der Waals surface area contributed by atoms with Crippen LogP contribution in [0, 0.1) is 6.92 Å². The maximum absolute atomic E-state index is 12.5. The molecule has 0 radical (unpaired) electrons. The number of piperazine rings is 1. The lowest BCUT2D eigenvalue weighted by molar-refractivity contribution is -0.128. The highest BCUT2D eigenvalue weighted by molar-refractivity contribution is 6.22. The van der Waals surface area contributed by atoms with Crippen LogP contribution in [-0.2, 0) is 14.4 Å². The van der Waals surface area contributed by atoms with Crippen LogP contribution in [-0.4, -0.2) is 60.0 Å². The van der Waals surface area contributed by atoms with E-state index in [1.54, 1.807) is 0 Å². The SMILES string of the molecule is C=CC(=O)N1CCN(CCCC=C2C(=O)CC(c3ccc(C)cc3)CC2=O)CC1. The molecule has 0 aromatic heterocycles. The highest BCUT2D eigenvalue weighted by Crippen LogP contribution is 2.31. The summed E-state index contributed by atoms with van der Waals surface area (Å²) in [6.45, 7) is 9.63. The number of unbranched alkanes of at least 4 members (excludes halogenated alkanes) is 1. The standard InChI is InChI=1S/C24H30N2O3/c1-3-24(29)26-14-12-25(13-15-26)11-5-4-6-21-22(27)16-20(17-23(21)28)19-9-7-18(2)8-10-19/h3,6-10,20H,1,4-5,11-17H2,2H3. The molecule has 5 nitrogen and oxygen atoms in total. The fourth-order valence-corrected chi connectivity index (χ4v) is 4.08. The lowest BCUT2D eigenvalue weighted by atomic mass is 9.79. The second-order valence-corrected chi connectivity index (χ2v) is 7.99. The first-order valence-corrected chi connectivity index (χ1v) is 10.4. The molecule has 1 aliphatic carbocycles. The Kier molecular flexibility index (Phi) is 7.15. The molecule has 2 fully saturated rings. The van der Waals surface area contributed by atoms with Gasteiger partial charge in [-0.05, 0) is 43.9 Å². The van der Waals surface area contributed by atoms with Gasteiger partial charge < -0.3 is 4.90 Å². The molecule has 0 spiro atoms. The van der Waals surface area contributed by atoms with Gasteiger partial charge in [0.15, 0.2) is 11.6 Å². The first-order chi connectivity index (χ1) is 14.0. The van der Waals surface area contributed by atoms with Crippen molar-refractivity contribution in [3.8, 4) is 0 Å². The van der Waals surface area contributed by atoms with Gasteiger partial charge in [0.05, 0.1) is 5.57 Å². The van der Waals surface area contributed by atoms with Crippen LogP contribution in [0.5, 0.6) is 0 Å². The number of Topliss-reactive ketones (excluding diaryl/α,β-unsaturated/α-hetero) is 2. The average molecular weight is 395 g/mol. The van der Waals surface area contributed by atoms with Crippen molar-refractivity contribution in [1.82, 2.24) is 9.80 Å². The van der Waals surface area contributed by atoms with Crippen molar-refractivity contribution in [3.05, 3.63) is 59.7 Å². The van der Waals surface area contributed by atoms with E-state index in [1.165, 1.54) is 11.6 Å². The van der Waals surface area contributed by atoms with E-state index < -0.39 is 0 Å². The zero-order valence-corrected chi connectivity index (χ0v) is 17.2. The van der Waals surface area contributed by atoms with Gasteiger partial charge in [0.2, 0.25) is 5.91 Å². The Bertz CT molecular complexity index is 782. The zero-order valence-electron chi connectivity index (χ0n) is 17.2. The molecule has 0 unspecified atom stereocenters. The van der Waals surface area contributed by atoms with E-state index in [4.69, 9.17) is 0 Å². The van der Waals surface area contributed by atoms with E-state index in [0.717, 1.165) is 51.1 Å². The molecule has 5 heteroatoms. The summed E-state index contributed by atoms with van der Waals surface area (Å²) in [5.74, 6) is -0.0540. The van der Waals surface area contributed by atoms with Crippen LogP contribution >= 0.6 is 0 Å². The summed E-state index contributed by atoms with van der Waals surface area (Å²) in [7, 11) is 0. The Morgan fingerprint density at radius 3 is 2.28 bits per heavy atom. The van der Waals surface area contributed by atoms with Crippen molar-refractivity contribution in [2.24, 2.45) is 0 Å². The smallest absolute Gasteiger partial charge is 0.246 e.